The van der Waals surface area contributed by atoms with Crippen molar-refractivity contribution >= 4 is 12.1 Å². The Morgan fingerprint density at radius 1 is 1.19 bits per heavy atom. The van der Waals surface area contributed by atoms with Crippen molar-refractivity contribution in [2.75, 3.05) is 13.2 Å². The van der Waals surface area contributed by atoms with Gasteiger partial charge in [-0.25, -0.2) is 9.59 Å². The molecule has 1 heterocycles. The highest BCUT2D eigenvalue weighted by molar-refractivity contribution is 5.89. The summed E-state index contributed by atoms with van der Waals surface area (Å²) >= 11 is 0. The first-order valence-corrected chi connectivity index (χ1v) is 9.65. The zero-order valence-corrected chi connectivity index (χ0v) is 16.2. The third kappa shape index (κ3) is 4.76. The number of esters is 1. The van der Waals surface area contributed by atoms with Crippen molar-refractivity contribution in [2.24, 2.45) is 0 Å². The van der Waals surface area contributed by atoms with Gasteiger partial charge < -0.3 is 24.3 Å². The summed E-state index contributed by atoms with van der Waals surface area (Å²) in [4.78, 5) is 24.3. The molecule has 1 saturated heterocycles. The molecule has 0 radical (unpaired) electrons. The van der Waals surface area contributed by atoms with E-state index in [4.69, 9.17) is 18.9 Å². The summed E-state index contributed by atoms with van der Waals surface area (Å²) in [5, 5.41) is 2.85. The Labute approximate surface area is 155 Å². The molecule has 0 bridgehead atoms. The number of unbranched alkanes of at least 4 members (excludes halogenated alkanes) is 1. The first kappa shape index (κ1) is 20.7. The van der Waals surface area contributed by atoms with Crippen LogP contribution >= 0.6 is 0 Å². The summed E-state index contributed by atoms with van der Waals surface area (Å²) in [6.45, 7) is 8.46. The Morgan fingerprint density at radius 2 is 1.92 bits per heavy atom. The Hall–Kier alpha value is -1.60. The van der Waals surface area contributed by atoms with Crippen molar-refractivity contribution < 1.29 is 28.5 Å². The number of alkyl carbamates (subject to hydrolysis) is 1. The maximum Gasteiger partial charge on any atom is 0.407 e. The molecule has 0 aromatic rings. The van der Waals surface area contributed by atoms with Gasteiger partial charge in [-0.15, -0.1) is 0 Å². The lowest BCUT2D eigenvalue weighted by Crippen LogP contribution is -2.50. The molecule has 1 N–H and O–H groups in total. The molecular weight excluding hydrogens is 338 g/mol. The normalized spacial score (nSPS) is 26.6. The topological polar surface area (TPSA) is 83.1 Å². The second-order valence-corrected chi connectivity index (χ2v) is 6.64. The Balaban J connectivity index is 2.14. The van der Waals surface area contributed by atoms with Crippen molar-refractivity contribution in [3.63, 3.8) is 0 Å². The average molecular weight is 369 g/mol. The van der Waals surface area contributed by atoms with Crippen LogP contribution in [-0.2, 0) is 23.7 Å². The number of fused-ring (bicyclic) bond motifs is 1. The third-order valence-electron chi connectivity index (χ3n) is 4.88. The molecule has 1 aliphatic carbocycles. The SMILES string of the molecule is CCCCOC(=O)NC1CC(C(=O)OCC)=CC2OC(CC)(CC)OC12. The number of nitrogens with one attached hydrogen (secondary N) is 1. The summed E-state index contributed by atoms with van der Waals surface area (Å²) < 4.78 is 22.6. The largest absolute Gasteiger partial charge is 0.463 e. The van der Waals surface area contributed by atoms with Crippen LogP contribution in [0.15, 0.2) is 11.6 Å². The van der Waals surface area contributed by atoms with E-state index in [1.54, 1.807) is 13.0 Å². The lowest BCUT2D eigenvalue weighted by molar-refractivity contribution is -0.177. The van der Waals surface area contributed by atoms with Crippen LogP contribution in [0.4, 0.5) is 4.79 Å². The van der Waals surface area contributed by atoms with Gasteiger partial charge in [-0.05, 0) is 32.3 Å². The molecule has 1 amide bonds. The maximum atomic E-state index is 12.2. The van der Waals surface area contributed by atoms with Gasteiger partial charge in [0.25, 0.3) is 0 Å². The van der Waals surface area contributed by atoms with Crippen LogP contribution in [-0.4, -0.2) is 49.3 Å². The van der Waals surface area contributed by atoms with E-state index in [1.165, 1.54) is 0 Å². The molecular formula is C19H31NO6. The van der Waals surface area contributed by atoms with Crippen molar-refractivity contribution in [3.05, 3.63) is 11.6 Å². The molecule has 0 aromatic heterocycles. The highest BCUT2D eigenvalue weighted by Gasteiger charge is 2.50. The molecule has 0 saturated carbocycles. The van der Waals surface area contributed by atoms with Gasteiger partial charge in [-0.2, -0.15) is 0 Å². The van der Waals surface area contributed by atoms with Gasteiger partial charge in [0.15, 0.2) is 5.79 Å². The van der Waals surface area contributed by atoms with Gasteiger partial charge in [0.1, 0.15) is 12.2 Å². The third-order valence-corrected chi connectivity index (χ3v) is 4.88. The number of amides is 1. The van der Waals surface area contributed by atoms with Crippen LogP contribution in [0.3, 0.4) is 0 Å². The van der Waals surface area contributed by atoms with E-state index >= 15 is 0 Å². The fourth-order valence-corrected chi connectivity index (χ4v) is 3.31. The molecule has 7 nitrogen and oxygen atoms in total. The predicted octanol–water partition coefficient (Wildman–Crippen LogP) is 3.07. The first-order chi connectivity index (χ1) is 12.5. The van der Waals surface area contributed by atoms with Crippen LogP contribution in [0, 0.1) is 0 Å². The summed E-state index contributed by atoms with van der Waals surface area (Å²) in [5.74, 6) is -1.08. The molecule has 2 aliphatic rings. The van der Waals surface area contributed by atoms with E-state index in [2.05, 4.69) is 5.32 Å². The quantitative estimate of drug-likeness (QED) is 0.523. The fourth-order valence-electron chi connectivity index (χ4n) is 3.31. The Morgan fingerprint density at radius 3 is 2.54 bits per heavy atom. The first-order valence-electron chi connectivity index (χ1n) is 9.65. The highest BCUT2D eigenvalue weighted by Crippen LogP contribution is 2.40. The zero-order valence-electron chi connectivity index (χ0n) is 16.2. The van der Waals surface area contributed by atoms with Gasteiger partial charge in [-0.3, -0.25) is 0 Å². The van der Waals surface area contributed by atoms with Crippen LogP contribution in [0.2, 0.25) is 0 Å². The van der Waals surface area contributed by atoms with Crippen molar-refractivity contribution in [2.45, 2.75) is 83.8 Å². The average Bonchev–Trinajstić information content (AvgIpc) is 3.02. The van der Waals surface area contributed by atoms with Crippen LogP contribution in [0.5, 0.6) is 0 Å². The summed E-state index contributed by atoms with van der Waals surface area (Å²) in [6.07, 6.45) is 3.99. The molecule has 3 atom stereocenters. The highest BCUT2D eigenvalue weighted by atomic mass is 16.8. The van der Waals surface area contributed by atoms with Gasteiger partial charge in [0, 0.05) is 12.0 Å². The molecule has 0 aromatic carbocycles. The van der Waals surface area contributed by atoms with E-state index in [9.17, 15) is 9.59 Å². The fraction of sp³-hybridized carbons (Fsp3) is 0.789. The van der Waals surface area contributed by atoms with Gasteiger partial charge >= 0.3 is 12.1 Å². The number of carbonyl (C=O) groups excluding carboxylic acids is 2. The molecule has 3 unspecified atom stereocenters. The predicted molar refractivity (Wildman–Crippen MR) is 95.6 cm³/mol. The summed E-state index contributed by atoms with van der Waals surface area (Å²) in [7, 11) is 0. The van der Waals surface area contributed by atoms with Gasteiger partial charge in [0.05, 0.1) is 19.3 Å². The van der Waals surface area contributed by atoms with E-state index in [0.717, 1.165) is 12.8 Å². The lowest BCUT2D eigenvalue weighted by Gasteiger charge is -2.31. The number of ether oxygens (including phenoxy) is 4. The van der Waals surface area contributed by atoms with Crippen LogP contribution < -0.4 is 5.32 Å². The van der Waals surface area contributed by atoms with Crippen molar-refractivity contribution in [1.82, 2.24) is 5.32 Å². The maximum absolute atomic E-state index is 12.2. The molecule has 148 valence electrons. The molecule has 0 spiro atoms. The van der Waals surface area contributed by atoms with Gasteiger partial charge in [-0.1, -0.05) is 27.2 Å². The van der Waals surface area contributed by atoms with Crippen LogP contribution in [0.25, 0.3) is 0 Å². The number of carbonyl (C=O) groups is 2. The minimum atomic E-state index is -0.692. The molecule has 1 aliphatic heterocycles. The number of rotatable bonds is 8. The summed E-state index contributed by atoms with van der Waals surface area (Å²) in [6, 6.07) is -0.404. The number of hydrogen-bond acceptors (Lipinski definition) is 6. The minimum absolute atomic E-state index is 0.298. The standard InChI is InChI=1S/C19H31NO6/c1-5-9-10-24-18(22)20-14-11-13(17(21)23-8-4)12-15-16(14)26-19(6-2,7-3)25-15/h12,14-16H,5-11H2,1-4H3,(H,20,22). The molecule has 1 fully saturated rings. The zero-order chi connectivity index (χ0) is 19.2. The van der Waals surface area contributed by atoms with Crippen LogP contribution in [0.1, 0.15) is 59.8 Å². The van der Waals surface area contributed by atoms with Gasteiger partial charge in [0.2, 0.25) is 0 Å². The van der Waals surface area contributed by atoms with Crippen molar-refractivity contribution in [1.29, 1.82) is 0 Å². The summed E-state index contributed by atoms with van der Waals surface area (Å²) in [5.41, 5.74) is 0.499. The Bertz CT molecular complexity index is 528. The smallest absolute Gasteiger partial charge is 0.407 e. The second-order valence-electron chi connectivity index (χ2n) is 6.64. The van der Waals surface area contributed by atoms with E-state index in [1.807, 2.05) is 20.8 Å². The Kier molecular flexibility index (Phi) is 7.46. The van der Waals surface area contributed by atoms with E-state index in [0.29, 0.717) is 38.0 Å². The molecule has 7 heteroatoms. The van der Waals surface area contributed by atoms with Crippen molar-refractivity contribution in [3.8, 4) is 0 Å². The minimum Gasteiger partial charge on any atom is -0.463 e. The molecule has 2 rings (SSSR count). The van der Waals surface area contributed by atoms with E-state index in [-0.39, 0.29) is 12.1 Å². The lowest BCUT2D eigenvalue weighted by atomic mass is 9.90. The molecule has 26 heavy (non-hydrogen) atoms. The monoisotopic (exact) mass is 369 g/mol. The second kappa shape index (κ2) is 9.37. The number of hydrogen-bond donors (Lipinski definition) is 1. The van der Waals surface area contributed by atoms with E-state index < -0.39 is 24.0 Å².